The quantitative estimate of drug-likeness (QED) is 0.770. The second kappa shape index (κ2) is 7.74. The Morgan fingerprint density at radius 2 is 2.28 bits per heavy atom. The van der Waals surface area contributed by atoms with Crippen LogP contribution in [0.3, 0.4) is 0 Å². The standard InChI is InChI=1S/C14H29N3O/c1-5-13(9-15-2)14(18)17(4)11-12-7-6-8-16(3)10-12/h12-13,15H,5-11H2,1-4H3. The van der Waals surface area contributed by atoms with Crippen molar-refractivity contribution in [2.24, 2.45) is 11.8 Å². The molecule has 0 bridgehead atoms. The van der Waals surface area contributed by atoms with Gasteiger partial charge in [-0.2, -0.15) is 0 Å². The number of likely N-dealkylation sites (tertiary alicyclic amines) is 1. The van der Waals surface area contributed by atoms with Crippen molar-refractivity contribution in [1.29, 1.82) is 0 Å². The van der Waals surface area contributed by atoms with Gasteiger partial charge in [0.1, 0.15) is 0 Å². The van der Waals surface area contributed by atoms with Crippen LogP contribution in [-0.2, 0) is 4.79 Å². The molecule has 0 aromatic rings. The smallest absolute Gasteiger partial charge is 0.226 e. The first-order chi connectivity index (χ1) is 8.58. The summed E-state index contributed by atoms with van der Waals surface area (Å²) in [4.78, 5) is 16.6. The highest BCUT2D eigenvalue weighted by Gasteiger charge is 2.24. The summed E-state index contributed by atoms with van der Waals surface area (Å²) in [5, 5.41) is 3.11. The second-order valence-electron chi connectivity index (χ2n) is 5.65. The summed E-state index contributed by atoms with van der Waals surface area (Å²) < 4.78 is 0. The van der Waals surface area contributed by atoms with Crippen molar-refractivity contribution in [3.63, 3.8) is 0 Å². The molecule has 1 aliphatic heterocycles. The molecule has 1 fully saturated rings. The lowest BCUT2D eigenvalue weighted by Gasteiger charge is -2.33. The average molecular weight is 255 g/mol. The van der Waals surface area contributed by atoms with Crippen LogP contribution in [0.2, 0.25) is 0 Å². The van der Waals surface area contributed by atoms with Gasteiger partial charge in [-0.1, -0.05) is 6.92 Å². The molecule has 0 radical (unpaired) electrons. The van der Waals surface area contributed by atoms with Crippen molar-refractivity contribution >= 4 is 5.91 Å². The van der Waals surface area contributed by atoms with E-state index in [0.717, 1.165) is 26.1 Å². The Balaban J connectivity index is 2.42. The van der Waals surface area contributed by atoms with Gasteiger partial charge in [0.25, 0.3) is 0 Å². The molecule has 4 heteroatoms. The van der Waals surface area contributed by atoms with Crippen LogP contribution in [0.25, 0.3) is 0 Å². The Morgan fingerprint density at radius 1 is 1.56 bits per heavy atom. The lowest BCUT2D eigenvalue weighted by molar-refractivity contribution is -0.135. The van der Waals surface area contributed by atoms with E-state index >= 15 is 0 Å². The molecule has 106 valence electrons. The summed E-state index contributed by atoms with van der Waals surface area (Å²) in [7, 11) is 6.03. The first-order valence-corrected chi connectivity index (χ1v) is 7.16. The maximum atomic E-state index is 12.3. The predicted octanol–water partition coefficient (Wildman–Crippen LogP) is 1.03. The van der Waals surface area contributed by atoms with Crippen molar-refractivity contribution in [3.05, 3.63) is 0 Å². The minimum atomic E-state index is 0.126. The van der Waals surface area contributed by atoms with Gasteiger partial charge in [0.05, 0.1) is 5.92 Å². The van der Waals surface area contributed by atoms with E-state index in [4.69, 9.17) is 0 Å². The molecule has 1 saturated heterocycles. The van der Waals surface area contributed by atoms with Gasteiger partial charge < -0.3 is 15.1 Å². The molecule has 0 aliphatic carbocycles. The van der Waals surface area contributed by atoms with E-state index in [0.29, 0.717) is 11.8 Å². The van der Waals surface area contributed by atoms with E-state index in [-0.39, 0.29) is 5.92 Å². The van der Waals surface area contributed by atoms with Gasteiger partial charge in [0, 0.05) is 26.7 Å². The highest BCUT2D eigenvalue weighted by atomic mass is 16.2. The molecule has 1 heterocycles. The lowest BCUT2D eigenvalue weighted by atomic mass is 9.97. The monoisotopic (exact) mass is 255 g/mol. The van der Waals surface area contributed by atoms with Gasteiger partial charge in [-0.3, -0.25) is 4.79 Å². The van der Waals surface area contributed by atoms with Crippen molar-refractivity contribution in [2.45, 2.75) is 26.2 Å². The number of amides is 1. The van der Waals surface area contributed by atoms with Crippen LogP contribution < -0.4 is 5.32 Å². The third-order valence-electron chi connectivity index (χ3n) is 3.92. The molecule has 2 unspecified atom stereocenters. The molecular formula is C14H29N3O. The fraction of sp³-hybridized carbons (Fsp3) is 0.929. The number of hydrogen-bond acceptors (Lipinski definition) is 3. The minimum Gasteiger partial charge on any atom is -0.345 e. The molecular weight excluding hydrogens is 226 g/mol. The van der Waals surface area contributed by atoms with Gasteiger partial charge in [0.15, 0.2) is 0 Å². The molecule has 1 amide bonds. The van der Waals surface area contributed by atoms with E-state index in [1.165, 1.54) is 19.4 Å². The van der Waals surface area contributed by atoms with E-state index in [9.17, 15) is 4.79 Å². The van der Waals surface area contributed by atoms with Crippen molar-refractivity contribution in [2.75, 3.05) is 47.3 Å². The summed E-state index contributed by atoms with van der Waals surface area (Å²) in [6.07, 6.45) is 3.43. The SMILES string of the molecule is CCC(CNC)C(=O)N(C)CC1CCCN(C)C1. The van der Waals surface area contributed by atoms with Crippen molar-refractivity contribution < 1.29 is 4.79 Å². The highest BCUT2D eigenvalue weighted by Crippen LogP contribution is 2.17. The summed E-state index contributed by atoms with van der Waals surface area (Å²) >= 11 is 0. The number of carbonyl (C=O) groups is 1. The minimum absolute atomic E-state index is 0.126. The third-order valence-corrected chi connectivity index (χ3v) is 3.92. The topological polar surface area (TPSA) is 35.6 Å². The maximum absolute atomic E-state index is 12.3. The molecule has 1 N–H and O–H groups in total. The Labute approximate surface area is 112 Å². The molecule has 2 atom stereocenters. The van der Waals surface area contributed by atoms with E-state index in [1.54, 1.807) is 0 Å². The van der Waals surface area contributed by atoms with Gasteiger partial charge in [-0.05, 0) is 45.8 Å². The summed E-state index contributed by atoms with van der Waals surface area (Å²) in [5.41, 5.74) is 0. The fourth-order valence-corrected chi connectivity index (χ4v) is 2.86. The average Bonchev–Trinajstić information content (AvgIpc) is 2.35. The molecule has 18 heavy (non-hydrogen) atoms. The number of hydrogen-bond donors (Lipinski definition) is 1. The van der Waals surface area contributed by atoms with Gasteiger partial charge in [0.2, 0.25) is 5.91 Å². The normalized spacial score (nSPS) is 22.8. The van der Waals surface area contributed by atoms with E-state index in [1.807, 2.05) is 19.0 Å². The summed E-state index contributed by atoms with van der Waals surface area (Å²) in [5.74, 6) is 1.06. The van der Waals surface area contributed by atoms with Crippen molar-refractivity contribution in [3.8, 4) is 0 Å². The number of piperidine rings is 1. The second-order valence-corrected chi connectivity index (χ2v) is 5.65. The highest BCUT2D eigenvalue weighted by molar-refractivity contribution is 5.78. The first kappa shape index (κ1) is 15.4. The Hall–Kier alpha value is -0.610. The zero-order chi connectivity index (χ0) is 13.5. The predicted molar refractivity (Wildman–Crippen MR) is 75.6 cm³/mol. The largest absolute Gasteiger partial charge is 0.345 e. The van der Waals surface area contributed by atoms with Crippen LogP contribution in [-0.4, -0.2) is 63.0 Å². The third kappa shape index (κ3) is 4.58. The molecule has 1 rings (SSSR count). The Kier molecular flexibility index (Phi) is 6.65. The van der Waals surface area contributed by atoms with Crippen LogP contribution in [0.1, 0.15) is 26.2 Å². The first-order valence-electron chi connectivity index (χ1n) is 7.16. The maximum Gasteiger partial charge on any atom is 0.226 e. The zero-order valence-corrected chi connectivity index (χ0v) is 12.4. The van der Waals surface area contributed by atoms with Crippen LogP contribution in [0.4, 0.5) is 0 Å². The molecule has 4 nitrogen and oxygen atoms in total. The van der Waals surface area contributed by atoms with Gasteiger partial charge in [-0.25, -0.2) is 0 Å². The van der Waals surface area contributed by atoms with Crippen LogP contribution in [0.5, 0.6) is 0 Å². The van der Waals surface area contributed by atoms with E-state index < -0.39 is 0 Å². The Bertz CT molecular complexity index is 257. The Morgan fingerprint density at radius 3 is 2.83 bits per heavy atom. The van der Waals surface area contributed by atoms with E-state index in [2.05, 4.69) is 24.2 Å². The lowest BCUT2D eigenvalue weighted by Crippen LogP contribution is -2.43. The number of nitrogens with one attached hydrogen (secondary N) is 1. The van der Waals surface area contributed by atoms with Crippen LogP contribution in [0.15, 0.2) is 0 Å². The zero-order valence-electron chi connectivity index (χ0n) is 12.4. The molecule has 1 aliphatic rings. The molecule has 0 saturated carbocycles. The number of carbonyl (C=O) groups excluding carboxylic acids is 1. The van der Waals surface area contributed by atoms with Crippen molar-refractivity contribution in [1.82, 2.24) is 15.1 Å². The van der Waals surface area contributed by atoms with Crippen LogP contribution in [0, 0.1) is 11.8 Å². The number of nitrogens with zero attached hydrogens (tertiary/aromatic N) is 2. The van der Waals surface area contributed by atoms with Gasteiger partial charge >= 0.3 is 0 Å². The summed E-state index contributed by atoms with van der Waals surface area (Å²) in [6.45, 7) is 6.10. The number of rotatable bonds is 6. The van der Waals surface area contributed by atoms with Gasteiger partial charge in [-0.15, -0.1) is 0 Å². The molecule has 0 spiro atoms. The van der Waals surface area contributed by atoms with Crippen LogP contribution >= 0.6 is 0 Å². The molecule has 0 aromatic heterocycles. The summed E-state index contributed by atoms with van der Waals surface area (Å²) in [6, 6.07) is 0. The molecule has 0 aromatic carbocycles. The fourth-order valence-electron chi connectivity index (χ4n) is 2.86.